The van der Waals surface area contributed by atoms with E-state index in [0.29, 0.717) is 10.7 Å². The van der Waals surface area contributed by atoms with E-state index in [9.17, 15) is 8.42 Å². The molecule has 0 bridgehead atoms. The summed E-state index contributed by atoms with van der Waals surface area (Å²) in [7, 11) is -3.44. The SMILES string of the molecule is Cc1c(NS(=O)(=O)C(C)C)cc(Cl)cc1-c1cnc(C(C)(C)C)[nH]1. The Morgan fingerprint density at radius 1 is 1.25 bits per heavy atom. The van der Waals surface area contributed by atoms with Crippen molar-refractivity contribution in [3.05, 3.63) is 34.7 Å². The molecule has 0 atom stereocenters. The van der Waals surface area contributed by atoms with E-state index >= 15 is 0 Å². The van der Waals surface area contributed by atoms with Crippen molar-refractivity contribution in [3.63, 3.8) is 0 Å². The summed E-state index contributed by atoms with van der Waals surface area (Å²) in [5.74, 6) is 0.862. The fraction of sp³-hybridized carbons (Fsp3) is 0.471. The number of rotatable bonds is 4. The van der Waals surface area contributed by atoms with E-state index in [1.807, 2.05) is 13.0 Å². The number of halogens is 1. The summed E-state index contributed by atoms with van der Waals surface area (Å²) < 4.78 is 27.0. The van der Waals surface area contributed by atoms with Crippen molar-refractivity contribution in [3.8, 4) is 11.3 Å². The van der Waals surface area contributed by atoms with Crippen LogP contribution < -0.4 is 4.72 Å². The summed E-state index contributed by atoms with van der Waals surface area (Å²) in [6, 6.07) is 3.44. The molecule has 2 rings (SSSR count). The Bertz CT molecular complexity index is 849. The predicted octanol–water partition coefficient (Wildman–Crippen LogP) is 4.49. The fourth-order valence-electron chi connectivity index (χ4n) is 2.18. The maximum absolute atomic E-state index is 12.2. The van der Waals surface area contributed by atoms with Crippen LogP contribution in [0, 0.1) is 6.92 Å². The third-order valence-electron chi connectivity index (χ3n) is 3.82. The van der Waals surface area contributed by atoms with Crippen LogP contribution in [0.3, 0.4) is 0 Å². The molecule has 0 radical (unpaired) electrons. The lowest BCUT2D eigenvalue weighted by molar-refractivity contribution is 0.553. The quantitative estimate of drug-likeness (QED) is 0.833. The molecular formula is C17H24ClN3O2S. The molecule has 0 unspecified atom stereocenters. The largest absolute Gasteiger partial charge is 0.342 e. The molecule has 0 spiro atoms. The van der Waals surface area contributed by atoms with Crippen LogP contribution in [0.5, 0.6) is 0 Å². The molecule has 7 heteroatoms. The molecular weight excluding hydrogens is 346 g/mol. The lowest BCUT2D eigenvalue weighted by Gasteiger charge is -2.16. The van der Waals surface area contributed by atoms with Crippen LogP contribution in [0.1, 0.15) is 46.0 Å². The van der Waals surface area contributed by atoms with Crippen molar-refractivity contribution >= 4 is 27.3 Å². The molecule has 0 aliphatic carbocycles. The first-order valence-electron chi connectivity index (χ1n) is 7.79. The molecule has 1 aromatic carbocycles. The highest BCUT2D eigenvalue weighted by atomic mass is 35.5. The standard InChI is InChI=1S/C17H24ClN3O2S/c1-10(2)24(22,23)21-14-8-12(18)7-13(11(14)3)15-9-19-16(20-15)17(4,5)6/h7-10,21H,1-6H3,(H,19,20). The van der Waals surface area contributed by atoms with Gasteiger partial charge in [0.2, 0.25) is 10.0 Å². The highest BCUT2D eigenvalue weighted by Gasteiger charge is 2.21. The summed E-state index contributed by atoms with van der Waals surface area (Å²) in [5.41, 5.74) is 2.81. The molecule has 1 aromatic heterocycles. The van der Waals surface area contributed by atoms with Crippen LogP contribution in [0.4, 0.5) is 5.69 Å². The lowest BCUT2D eigenvalue weighted by atomic mass is 9.96. The number of aromatic amines is 1. The van der Waals surface area contributed by atoms with Crippen LogP contribution in [-0.2, 0) is 15.4 Å². The zero-order chi connectivity index (χ0) is 18.3. The molecule has 1 heterocycles. The first-order chi connectivity index (χ1) is 10.9. The van der Waals surface area contributed by atoms with Crippen LogP contribution in [-0.4, -0.2) is 23.6 Å². The first kappa shape index (κ1) is 18.8. The molecule has 0 amide bonds. The zero-order valence-electron chi connectivity index (χ0n) is 14.9. The van der Waals surface area contributed by atoms with Gasteiger partial charge in [-0.15, -0.1) is 0 Å². The minimum Gasteiger partial charge on any atom is -0.342 e. The number of imidazole rings is 1. The van der Waals surface area contributed by atoms with Crippen LogP contribution in [0.2, 0.25) is 5.02 Å². The number of benzene rings is 1. The summed E-state index contributed by atoms with van der Waals surface area (Å²) in [5, 5.41) is -0.0667. The number of H-pyrrole nitrogens is 1. The lowest BCUT2D eigenvalue weighted by Crippen LogP contribution is -2.23. The van der Waals surface area contributed by atoms with Gasteiger partial charge in [0.05, 0.1) is 22.8 Å². The van der Waals surface area contributed by atoms with Crippen LogP contribution >= 0.6 is 11.6 Å². The summed E-state index contributed by atoms with van der Waals surface area (Å²) in [6.45, 7) is 11.3. The summed E-state index contributed by atoms with van der Waals surface area (Å²) in [6.07, 6.45) is 1.75. The second-order valence-corrected chi connectivity index (χ2v) is 9.89. The highest BCUT2D eigenvalue weighted by molar-refractivity contribution is 7.93. The summed E-state index contributed by atoms with van der Waals surface area (Å²) in [4.78, 5) is 7.73. The minimum atomic E-state index is -3.44. The van der Waals surface area contributed by atoms with Gasteiger partial charge in [0.1, 0.15) is 5.82 Å². The van der Waals surface area contributed by atoms with Gasteiger partial charge >= 0.3 is 0 Å². The molecule has 2 N–H and O–H groups in total. The molecule has 0 fully saturated rings. The molecule has 2 aromatic rings. The highest BCUT2D eigenvalue weighted by Crippen LogP contribution is 2.33. The fourth-order valence-corrected chi connectivity index (χ4v) is 3.15. The van der Waals surface area contributed by atoms with Gasteiger partial charge in [-0.3, -0.25) is 4.72 Å². The Hall–Kier alpha value is -1.53. The van der Waals surface area contributed by atoms with Crippen molar-refractivity contribution in [2.24, 2.45) is 0 Å². The van der Waals surface area contributed by atoms with Crippen molar-refractivity contribution in [2.45, 2.75) is 52.2 Å². The van der Waals surface area contributed by atoms with Crippen LogP contribution in [0.25, 0.3) is 11.3 Å². The number of hydrogen-bond donors (Lipinski definition) is 2. The second-order valence-electron chi connectivity index (χ2n) is 7.22. The molecule has 24 heavy (non-hydrogen) atoms. The number of hydrogen-bond acceptors (Lipinski definition) is 3. The zero-order valence-corrected chi connectivity index (χ0v) is 16.4. The topological polar surface area (TPSA) is 74.8 Å². The number of anilines is 1. The maximum Gasteiger partial charge on any atom is 0.235 e. The Labute approximate surface area is 148 Å². The number of nitrogens with zero attached hydrogens (tertiary/aromatic N) is 1. The van der Waals surface area contributed by atoms with E-state index in [1.54, 1.807) is 26.1 Å². The van der Waals surface area contributed by atoms with E-state index in [2.05, 4.69) is 35.5 Å². The molecule has 5 nitrogen and oxygen atoms in total. The van der Waals surface area contributed by atoms with Gasteiger partial charge in [0.25, 0.3) is 0 Å². The van der Waals surface area contributed by atoms with Crippen molar-refractivity contribution < 1.29 is 8.42 Å². The summed E-state index contributed by atoms with van der Waals surface area (Å²) >= 11 is 6.21. The third-order valence-corrected chi connectivity index (χ3v) is 5.79. The van der Waals surface area contributed by atoms with E-state index in [4.69, 9.17) is 11.6 Å². The van der Waals surface area contributed by atoms with Crippen molar-refractivity contribution in [1.82, 2.24) is 9.97 Å². The van der Waals surface area contributed by atoms with Crippen molar-refractivity contribution in [2.75, 3.05) is 4.72 Å². The number of nitrogens with one attached hydrogen (secondary N) is 2. The van der Waals surface area contributed by atoms with Gasteiger partial charge in [-0.1, -0.05) is 32.4 Å². The smallest absolute Gasteiger partial charge is 0.235 e. The molecule has 0 aliphatic rings. The maximum atomic E-state index is 12.2. The third kappa shape index (κ3) is 3.92. The first-order valence-corrected chi connectivity index (χ1v) is 9.72. The van der Waals surface area contributed by atoms with Gasteiger partial charge < -0.3 is 4.98 Å². The Balaban J connectivity index is 2.52. The molecule has 0 saturated heterocycles. The van der Waals surface area contributed by atoms with Gasteiger partial charge in [0.15, 0.2) is 0 Å². The molecule has 132 valence electrons. The van der Waals surface area contributed by atoms with Gasteiger partial charge in [-0.25, -0.2) is 13.4 Å². The number of aromatic nitrogens is 2. The Morgan fingerprint density at radius 2 is 1.88 bits per heavy atom. The van der Waals surface area contributed by atoms with E-state index in [0.717, 1.165) is 22.6 Å². The minimum absolute atomic E-state index is 0.104. The van der Waals surface area contributed by atoms with Gasteiger partial charge in [-0.2, -0.15) is 0 Å². The molecule has 0 aliphatic heterocycles. The predicted molar refractivity (Wildman–Crippen MR) is 100 cm³/mol. The average Bonchev–Trinajstić information content (AvgIpc) is 2.91. The monoisotopic (exact) mass is 369 g/mol. The van der Waals surface area contributed by atoms with E-state index in [-0.39, 0.29) is 5.41 Å². The van der Waals surface area contributed by atoms with E-state index in [1.165, 1.54) is 0 Å². The van der Waals surface area contributed by atoms with Gasteiger partial charge in [-0.05, 0) is 38.5 Å². The normalized spacial score (nSPS) is 12.7. The second kappa shape index (κ2) is 6.41. The van der Waals surface area contributed by atoms with E-state index < -0.39 is 15.3 Å². The van der Waals surface area contributed by atoms with Crippen molar-refractivity contribution in [1.29, 1.82) is 0 Å². The molecule has 0 saturated carbocycles. The number of sulfonamides is 1. The average molecular weight is 370 g/mol. The van der Waals surface area contributed by atoms with Gasteiger partial charge in [0, 0.05) is 16.0 Å². The Kier molecular flexibility index (Phi) is 5.02. The van der Waals surface area contributed by atoms with Crippen LogP contribution in [0.15, 0.2) is 18.3 Å². The Morgan fingerprint density at radius 3 is 2.38 bits per heavy atom.